The van der Waals surface area contributed by atoms with Crippen LogP contribution in [0.25, 0.3) is 0 Å². The fourth-order valence-corrected chi connectivity index (χ4v) is 3.10. The number of benzene rings is 1. The zero-order valence-corrected chi connectivity index (χ0v) is 13.5. The summed E-state index contributed by atoms with van der Waals surface area (Å²) in [5.74, 6) is 0.229. The minimum atomic E-state index is 0.159. The Hall–Kier alpha value is 0.340. The molecule has 2 atom stereocenters. The van der Waals surface area contributed by atoms with Crippen molar-refractivity contribution < 1.29 is 0 Å². The molecule has 0 saturated heterocycles. The van der Waals surface area contributed by atoms with Gasteiger partial charge in [-0.1, -0.05) is 53.3 Å². The molecule has 1 aromatic rings. The third kappa shape index (κ3) is 3.91. The second-order valence-corrected chi connectivity index (χ2v) is 6.11. The minimum Gasteiger partial charge on any atom is -0.328 e. The largest absolute Gasteiger partial charge is 0.328 e. The molecule has 2 unspecified atom stereocenters. The fourth-order valence-electron chi connectivity index (χ4n) is 1.97. The number of nitrogens with two attached hydrogens (primary N) is 1. The molecule has 1 aromatic carbocycles. The average Bonchev–Trinajstić information content (AvgIpc) is 2.30. The van der Waals surface area contributed by atoms with Gasteiger partial charge in [-0.15, -0.1) is 0 Å². The first-order valence-corrected chi connectivity index (χ1v) is 7.48. The van der Waals surface area contributed by atoms with Crippen molar-refractivity contribution in [3.8, 4) is 0 Å². The molecule has 0 saturated carbocycles. The molecule has 102 valence electrons. The van der Waals surface area contributed by atoms with Crippen LogP contribution in [0.3, 0.4) is 0 Å². The Morgan fingerprint density at radius 2 is 1.56 bits per heavy atom. The Labute approximate surface area is 129 Å². The summed E-state index contributed by atoms with van der Waals surface area (Å²) >= 11 is 24.6. The summed E-state index contributed by atoms with van der Waals surface area (Å²) in [6, 6.07) is 1.74. The van der Waals surface area contributed by atoms with E-state index in [2.05, 4.69) is 6.92 Å². The third-order valence-corrected chi connectivity index (χ3v) is 4.62. The monoisotopic (exact) mass is 327 g/mol. The molecule has 18 heavy (non-hydrogen) atoms. The first-order chi connectivity index (χ1) is 8.38. The van der Waals surface area contributed by atoms with Crippen molar-refractivity contribution in [2.75, 3.05) is 0 Å². The standard InChI is InChI=1S/C13H17Cl4N/c1-3-8(5-4-7(2)18)11-12(16)9(14)6-10(15)13(11)17/h6-8H,3-5,18H2,1-2H3. The van der Waals surface area contributed by atoms with Gasteiger partial charge in [-0.2, -0.15) is 0 Å². The Kier molecular flexibility index (Phi) is 6.57. The summed E-state index contributed by atoms with van der Waals surface area (Å²) < 4.78 is 0. The van der Waals surface area contributed by atoms with E-state index in [0.717, 1.165) is 24.8 Å². The Morgan fingerprint density at radius 3 is 1.94 bits per heavy atom. The highest BCUT2D eigenvalue weighted by Crippen LogP contribution is 2.43. The molecule has 1 rings (SSSR count). The van der Waals surface area contributed by atoms with Gasteiger partial charge in [-0.3, -0.25) is 0 Å². The van der Waals surface area contributed by atoms with Crippen LogP contribution < -0.4 is 5.73 Å². The first kappa shape index (κ1) is 16.4. The summed E-state index contributed by atoms with van der Waals surface area (Å²) in [7, 11) is 0. The molecular formula is C13H17Cl4N. The van der Waals surface area contributed by atoms with Gasteiger partial charge < -0.3 is 5.73 Å². The average molecular weight is 329 g/mol. The second kappa shape index (κ2) is 7.21. The Bertz CT molecular complexity index is 392. The lowest BCUT2D eigenvalue weighted by Gasteiger charge is -2.20. The van der Waals surface area contributed by atoms with Gasteiger partial charge in [0.1, 0.15) is 0 Å². The highest BCUT2D eigenvalue weighted by Gasteiger charge is 2.21. The molecule has 0 aliphatic heterocycles. The molecule has 5 heteroatoms. The van der Waals surface area contributed by atoms with Crippen molar-refractivity contribution in [3.63, 3.8) is 0 Å². The topological polar surface area (TPSA) is 26.0 Å². The summed E-state index contributed by atoms with van der Waals surface area (Å²) in [5, 5.41) is 1.89. The van der Waals surface area contributed by atoms with Gasteiger partial charge in [-0.25, -0.2) is 0 Å². The van der Waals surface area contributed by atoms with Crippen molar-refractivity contribution in [3.05, 3.63) is 31.7 Å². The van der Waals surface area contributed by atoms with Crippen molar-refractivity contribution in [2.45, 2.75) is 45.1 Å². The first-order valence-electron chi connectivity index (χ1n) is 5.96. The smallest absolute Gasteiger partial charge is 0.0643 e. The highest BCUT2D eigenvalue weighted by molar-refractivity contribution is 6.48. The van der Waals surface area contributed by atoms with Crippen molar-refractivity contribution >= 4 is 46.4 Å². The van der Waals surface area contributed by atoms with Gasteiger partial charge >= 0.3 is 0 Å². The minimum absolute atomic E-state index is 0.159. The lowest BCUT2D eigenvalue weighted by Crippen LogP contribution is -2.16. The van der Waals surface area contributed by atoms with Gasteiger partial charge in [0.15, 0.2) is 0 Å². The maximum absolute atomic E-state index is 6.25. The number of halogens is 4. The molecular weight excluding hydrogens is 312 g/mol. The predicted octanol–water partition coefficient (Wildman–Crippen LogP) is 5.92. The van der Waals surface area contributed by atoms with E-state index >= 15 is 0 Å². The Morgan fingerprint density at radius 1 is 1.06 bits per heavy atom. The van der Waals surface area contributed by atoms with Gasteiger partial charge in [-0.05, 0) is 43.7 Å². The summed E-state index contributed by atoms with van der Waals surface area (Å²) in [6.07, 6.45) is 2.75. The van der Waals surface area contributed by atoms with E-state index < -0.39 is 0 Å². The van der Waals surface area contributed by atoms with Gasteiger partial charge in [0, 0.05) is 6.04 Å². The van der Waals surface area contributed by atoms with Crippen LogP contribution in [0.5, 0.6) is 0 Å². The van der Waals surface area contributed by atoms with Crippen LogP contribution in [0.4, 0.5) is 0 Å². The maximum atomic E-state index is 6.25. The van der Waals surface area contributed by atoms with E-state index in [-0.39, 0.29) is 12.0 Å². The second-order valence-electron chi connectivity index (χ2n) is 4.54. The van der Waals surface area contributed by atoms with Crippen LogP contribution >= 0.6 is 46.4 Å². The Balaban J connectivity index is 3.12. The number of rotatable bonds is 5. The lowest BCUT2D eigenvalue weighted by atomic mass is 9.90. The molecule has 0 aliphatic rings. The molecule has 0 aliphatic carbocycles. The van der Waals surface area contributed by atoms with E-state index in [1.165, 1.54) is 0 Å². The van der Waals surface area contributed by atoms with Crippen LogP contribution in [-0.2, 0) is 0 Å². The molecule has 0 amide bonds. The molecule has 0 fully saturated rings. The molecule has 1 nitrogen and oxygen atoms in total. The van der Waals surface area contributed by atoms with Gasteiger partial charge in [0.2, 0.25) is 0 Å². The number of hydrogen-bond donors (Lipinski definition) is 1. The van der Waals surface area contributed by atoms with Crippen LogP contribution in [0.15, 0.2) is 6.07 Å². The van der Waals surface area contributed by atoms with Crippen LogP contribution in [0.2, 0.25) is 20.1 Å². The predicted molar refractivity (Wildman–Crippen MR) is 82.4 cm³/mol. The molecule has 0 aromatic heterocycles. The number of hydrogen-bond acceptors (Lipinski definition) is 1. The third-order valence-electron chi connectivity index (χ3n) is 3.02. The summed E-state index contributed by atoms with van der Waals surface area (Å²) in [4.78, 5) is 0. The van der Waals surface area contributed by atoms with E-state index in [1.54, 1.807) is 6.07 Å². The lowest BCUT2D eigenvalue weighted by molar-refractivity contribution is 0.533. The summed E-state index contributed by atoms with van der Waals surface area (Å²) in [5.41, 5.74) is 6.64. The van der Waals surface area contributed by atoms with Crippen molar-refractivity contribution in [2.24, 2.45) is 5.73 Å². The SMILES string of the molecule is CCC(CCC(C)N)c1c(Cl)c(Cl)cc(Cl)c1Cl. The zero-order valence-electron chi connectivity index (χ0n) is 10.4. The van der Waals surface area contributed by atoms with E-state index in [4.69, 9.17) is 52.1 Å². The molecule has 0 heterocycles. The van der Waals surface area contributed by atoms with E-state index in [0.29, 0.717) is 20.1 Å². The molecule has 0 bridgehead atoms. The maximum Gasteiger partial charge on any atom is 0.0643 e. The summed E-state index contributed by atoms with van der Waals surface area (Å²) in [6.45, 7) is 4.08. The van der Waals surface area contributed by atoms with E-state index in [1.807, 2.05) is 6.92 Å². The fraction of sp³-hybridized carbons (Fsp3) is 0.538. The van der Waals surface area contributed by atoms with Crippen molar-refractivity contribution in [1.29, 1.82) is 0 Å². The molecule has 0 spiro atoms. The zero-order chi connectivity index (χ0) is 13.9. The quantitative estimate of drug-likeness (QED) is 0.667. The van der Waals surface area contributed by atoms with Crippen molar-refractivity contribution in [1.82, 2.24) is 0 Å². The van der Waals surface area contributed by atoms with E-state index in [9.17, 15) is 0 Å². The molecule has 0 radical (unpaired) electrons. The van der Waals surface area contributed by atoms with Gasteiger partial charge in [0.25, 0.3) is 0 Å². The van der Waals surface area contributed by atoms with Gasteiger partial charge in [0.05, 0.1) is 20.1 Å². The normalized spacial score (nSPS) is 14.6. The van der Waals surface area contributed by atoms with Crippen LogP contribution in [0, 0.1) is 0 Å². The van der Waals surface area contributed by atoms with Crippen LogP contribution in [0.1, 0.15) is 44.6 Å². The molecule has 2 N–H and O–H groups in total. The highest BCUT2D eigenvalue weighted by atomic mass is 35.5. The van der Waals surface area contributed by atoms with Crippen LogP contribution in [-0.4, -0.2) is 6.04 Å².